The van der Waals surface area contributed by atoms with Crippen molar-refractivity contribution in [2.75, 3.05) is 13.1 Å². The van der Waals surface area contributed by atoms with Crippen molar-refractivity contribution in [3.63, 3.8) is 0 Å². The van der Waals surface area contributed by atoms with E-state index in [-0.39, 0.29) is 29.7 Å². The number of piperidine rings is 1. The van der Waals surface area contributed by atoms with Crippen molar-refractivity contribution in [2.45, 2.75) is 46.3 Å². The van der Waals surface area contributed by atoms with Gasteiger partial charge < -0.3 is 15.0 Å². The maximum Gasteiger partial charge on any atom is 0.257 e. The van der Waals surface area contributed by atoms with Crippen LogP contribution in [0.25, 0.3) is 0 Å². The highest BCUT2D eigenvalue weighted by Gasteiger charge is 2.29. The molecule has 0 bridgehead atoms. The fraction of sp³-hybridized carbons (Fsp3) is 0.417. The number of hydrogen-bond donors (Lipinski definition) is 1. The van der Waals surface area contributed by atoms with Crippen LogP contribution in [0.3, 0.4) is 0 Å². The van der Waals surface area contributed by atoms with E-state index >= 15 is 0 Å². The molecular weight excluding hydrogens is 463 g/mol. The van der Waals surface area contributed by atoms with Gasteiger partial charge in [-0.2, -0.15) is 0 Å². The Hall–Kier alpha value is -2.41. The van der Waals surface area contributed by atoms with Crippen LogP contribution in [-0.4, -0.2) is 35.9 Å². The van der Waals surface area contributed by atoms with E-state index in [2.05, 4.69) is 21.2 Å². The molecule has 0 aliphatic carbocycles. The van der Waals surface area contributed by atoms with Crippen LogP contribution >= 0.6 is 15.9 Å². The fourth-order valence-electron chi connectivity index (χ4n) is 3.62. The lowest BCUT2D eigenvalue weighted by atomic mass is 9.95. The summed E-state index contributed by atoms with van der Waals surface area (Å²) in [5.74, 6) is -0.0137. The van der Waals surface area contributed by atoms with Gasteiger partial charge in [-0.15, -0.1) is 0 Å². The smallest absolute Gasteiger partial charge is 0.257 e. The third kappa shape index (κ3) is 6.06. The summed E-state index contributed by atoms with van der Waals surface area (Å²) in [5.41, 5.74) is 1.85. The van der Waals surface area contributed by atoms with Crippen molar-refractivity contribution in [3.8, 4) is 5.75 Å². The van der Waals surface area contributed by atoms with E-state index < -0.39 is 0 Å². The van der Waals surface area contributed by atoms with Crippen molar-refractivity contribution in [1.29, 1.82) is 0 Å². The zero-order chi connectivity index (χ0) is 22.5. The Morgan fingerprint density at radius 3 is 2.55 bits per heavy atom. The highest BCUT2D eigenvalue weighted by Crippen LogP contribution is 2.28. The summed E-state index contributed by atoms with van der Waals surface area (Å²) in [6.07, 6.45) is 1.14. The number of aryl methyl sites for hydroxylation is 1. The average molecular weight is 491 g/mol. The second-order valence-corrected chi connectivity index (χ2v) is 9.09. The molecule has 1 N–H and O–H groups in total. The monoisotopic (exact) mass is 490 g/mol. The third-order valence-corrected chi connectivity index (χ3v) is 5.89. The standard InChI is InChI=1S/C24H28BrFN2O3/c1-15(2)31-22-13-19(25)6-7-20(22)24(30)28-10-8-18(9-11-28)23(29)27-14-17-5-4-16(3)21(26)12-17/h4-7,12-13,15,18H,8-11,14H2,1-3H3,(H,27,29). The average Bonchev–Trinajstić information content (AvgIpc) is 2.74. The largest absolute Gasteiger partial charge is 0.490 e. The van der Waals surface area contributed by atoms with Crippen molar-refractivity contribution in [3.05, 3.63) is 63.4 Å². The predicted molar refractivity (Wildman–Crippen MR) is 122 cm³/mol. The molecule has 31 heavy (non-hydrogen) atoms. The molecule has 0 saturated carbocycles. The van der Waals surface area contributed by atoms with Gasteiger partial charge in [0.15, 0.2) is 0 Å². The molecule has 1 fully saturated rings. The molecule has 0 atom stereocenters. The molecule has 2 amide bonds. The first-order chi connectivity index (χ1) is 14.7. The highest BCUT2D eigenvalue weighted by atomic mass is 79.9. The number of rotatable bonds is 6. The van der Waals surface area contributed by atoms with E-state index in [9.17, 15) is 14.0 Å². The molecule has 1 heterocycles. The van der Waals surface area contributed by atoms with Gasteiger partial charge in [-0.1, -0.05) is 28.1 Å². The maximum absolute atomic E-state index is 13.7. The van der Waals surface area contributed by atoms with Gasteiger partial charge in [-0.25, -0.2) is 4.39 Å². The van der Waals surface area contributed by atoms with E-state index in [0.717, 1.165) is 10.0 Å². The number of benzene rings is 2. The van der Waals surface area contributed by atoms with Gasteiger partial charge in [0.05, 0.1) is 11.7 Å². The summed E-state index contributed by atoms with van der Waals surface area (Å²) in [6.45, 7) is 6.86. The zero-order valence-corrected chi connectivity index (χ0v) is 19.7. The number of likely N-dealkylation sites (tertiary alicyclic amines) is 1. The summed E-state index contributed by atoms with van der Waals surface area (Å²) in [4.78, 5) is 27.4. The van der Waals surface area contributed by atoms with E-state index in [1.54, 1.807) is 30.0 Å². The number of halogens is 2. The van der Waals surface area contributed by atoms with Crippen LogP contribution in [0, 0.1) is 18.7 Å². The molecule has 7 heteroatoms. The van der Waals surface area contributed by atoms with Crippen molar-refractivity contribution < 1.29 is 18.7 Å². The van der Waals surface area contributed by atoms with E-state index in [4.69, 9.17) is 4.74 Å². The number of nitrogens with one attached hydrogen (secondary N) is 1. The molecule has 1 aliphatic heterocycles. The highest BCUT2D eigenvalue weighted by molar-refractivity contribution is 9.10. The Balaban J connectivity index is 1.56. The van der Waals surface area contributed by atoms with Crippen LogP contribution in [0.1, 0.15) is 48.2 Å². The van der Waals surface area contributed by atoms with Crippen LogP contribution in [0.15, 0.2) is 40.9 Å². The number of ether oxygens (including phenoxy) is 1. The molecule has 5 nitrogen and oxygen atoms in total. The fourth-order valence-corrected chi connectivity index (χ4v) is 3.96. The normalized spacial score (nSPS) is 14.6. The van der Waals surface area contributed by atoms with Crippen molar-refractivity contribution >= 4 is 27.7 Å². The third-order valence-electron chi connectivity index (χ3n) is 5.39. The lowest BCUT2D eigenvalue weighted by Crippen LogP contribution is -2.43. The van der Waals surface area contributed by atoms with Gasteiger partial charge in [0.2, 0.25) is 5.91 Å². The van der Waals surface area contributed by atoms with Crippen LogP contribution in [0.4, 0.5) is 4.39 Å². The summed E-state index contributed by atoms with van der Waals surface area (Å²) < 4.78 is 20.3. The number of nitrogens with zero attached hydrogens (tertiary/aromatic N) is 1. The summed E-state index contributed by atoms with van der Waals surface area (Å²) in [7, 11) is 0. The minimum Gasteiger partial charge on any atom is -0.490 e. The maximum atomic E-state index is 13.7. The van der Waals surface area contributed by atoms with Crippen LogP contribution in [0.5, 0.6) is 5.75 Å². The van der Waals surface area contributed by atoms with Gasteiger partial charge in [0.1, 0.15) is 11.6 Å². The molecule has 1 aliphatic rings. The molecular formula is C24H28BrFN2O3. The molecule has 0 aromatic heterocycles. The molecule has 3 rings (SSSR count). The molecule has 1 saturated heterocycles. The van der Waals surface area contributed by atoms with Crippen LogP contribution in [-0.2, 0) is 11.3 Å². The van der Waals surface area contributed by atoms with Crippen LogP contribution in [0.2, 0.25) is 0 Å². The molecule has 2 aromatic rings. The summed E-state index contributed by atoms with van der Waals surface area (Å²) in [5, 5.41) is 2.89. The van der Waals surface area contributed by atoms with E-state index in [1.807, 2.05) is 26.0 Å². The number of hydrogen-bond acceptors (Lipinski definition) is 3. The predicted octanol–water partition coefficient (Wildman–Crippen LogP) is 4.85. The number of carbonyl (C=O) groups excluding carboxylic acids is 2. The summed E-state index contributed by atoms with van der Waals surface area (Å²) in [6, 6.07) is 10.4. The molecule has 166 valence electrons. The first-order valence-electron chi connectivity index (χ1n) is 10.5. The topological polar surface area (TPSA) is 58.6 Å². The first-order valence-corrected chi connectivity index (χ1v) is 11.3. The van der Waals surface area contributed by atoms with Gasteiger partial charge in [0, 0.05) is 30.0 Å². The van der Waals surface area contributed by atoms with Gasteiger partial charge >= 0.3 is 0 Å². The lowest BCUT2D eigenvalue weighted by Gasteiger charge is -2.32. The number of amides is 2. The second kappa shape index (κ2) is 10.3. The molecule has 0 radical (unpaired) electrons. The zero-order valence-electron chi connectivity index (χ0n) is 18.1. The first kappa shape index (κ1) is 23.3. The Morgan fingerprint density at radius 1 is 1.19 bits per heavy atom. The van der Waals surface area contributed by atoms with Gasteiger partial charge in [0.25, 0.3) is 5.91 Å². The SMILES string of the molecule is Cc1ccc(CNC(=O)C2CCN(C(=O)c3ccc(Br)cc3OC(C)C)CC2)cc1F. The Kier molecular flexibility index (Phi) is 7.70. The van der Waals surface area contributed by atoms with E-state index in [0.29, 0.717) is 49.4 Å². The minimum absolute atomic E-state index is 0.0442. The van der Waals surface area contributed by atoms with Crippen molar-refractivity contribution in [1.82, 2.24) is 10.2 Å². The van der Waals surface area contributed by atoms with E-state index in [1.165, 1.54) is 6.07 Å². The second-order valence-electron chi connectivity index (χ2n) is 8.17. The van der Waals surface area contributed by atoms with Gasteiger partial charge in [-0.3, -0.25) is 9.59 Å². The number of carbonyl (C=O) groups is 2. The van der Waals surface area contributed by atoms with Crippen molar-refractivity contribution in [2.24, 2.45) is 5.92 Å². The summed E-state index contributed by atoms with van der Waals surface area (Å²) >= 11 is 3.42. The lowest BCUT2D eigenvalue weighted by molar-refractivity contribution is -0.126. The Bertz CT molecular complexity index is 956. The van der Waals surface area contributed by atoms with Crippen LogP contribution < -0.4 is 10.1 Å². The Labute approximate surface area is 191 Å². The quantitative estimate of drug-likeness (QED) is 0.629. The van der Waals surface area contributed by atoms with Gasteiger partial charge in [-0.05, 0) is 69.0 Å². The molecule has 0 unspecified atom stereocenters. The minimum atomic E-state index is -0.271. The Morgan fingerprint density at radius 2 is 1.90 bits per heavy atom. The molecule has 2 aromatic carbocycles. The molecule has 0 spiro atoms.